The molecule has 0 aromatic heterocycles. The fourth-order valence-corrected chi connectivity index (χ4v) is 2.71. The Labute approximate surface area is 147 Å². The Morgan fingerprint density at radius 2 is 1.76 bits per heavy atom. The molecule has 1 unspecified atom stereocenters. The number of carboxylic acids is 1. The highest BCUT2D eigenvalue weighted by Gasteiger charge is 2.17. The largest absolute Gasteiger partial charge is 0.481 e. The number of methoxy groups -OCH3 is 1. The summed E-state index contributed by atoms with van der Waals surface area (Å²) in [7, 11) is 1.58. The van der Waals surface area contributed by atoms with Crippen LogP contribution in [0.15, 0.2) is 54.6 Å². The van der Waals surface area contributed by atoms with Crippen LogP contribution >= 0.6 is 0 Å². The van der Waals surface area contributed by atoms with Crippen LogP contribution in [-0.4, -0.2) is 30.1 Å². The van der Waals surface area contributed by atoms with E-state index in [0.717, 1.165) is 11.1 Å². The van der Waals surface area contributed by atoms with Crippen LogP contribution < -0.4 is 5.32 Å². The van der Waals surface area contributed by atoms with Crippen LogP contribution in [0, 0.1) is 0 Å². The van der Waals surface area contributed by atoms with Crippen molar-refractivity contribution >= 4 is 11.9 Å². The number of ether oxygens (including phenoxy) is 1. The fraction of sp³-hybridized carbons (Fsp3) is 0.300. The summed E-state index contributed by atoms with van der Waals surface area (Å²) >= 11 is 0. The lowest BCUT2D eigenvalue weighted by Crippen LogP contribution is -2.37. The molecule has 0 saturated heterocycles. The molecule has 0 bridgehead atoms. The zero-order valence-corrected chi connectivity index (χ0v) is 14.3. The SMILES string of the molecule is COCc1ccccc1C(=O)NC(CCC(=O)O)Cc1ccccc1. The fourth-order valence-electron chi connectivity index (χ4n) is 2.71. The van der Waals surface area contributed by atoms with E-state index in [4.69, 9.17) is 9.84 Å². The summed E-state index contributed by atoms with van der Waals surface area (Å²) in [5, 5.41) is 11.9. The third-order valence-corrected chi connectivity index (χ3v) is 3.93. The van der Waals surface area contributed by atoms with Gasteiger partial charge in [0.1, 0.15) is 0 Å². The van der Waals surface area contributed by atoms with E-state index in [-0.39, 0.29) is 18.4 Å². The minimum atomic E-state index is -0.868. The lowest BCUT2D eigenvalue weighted by atomic mass is 10.0. The molecular weight excluding hydrogens is 318 g/mol. The second-order valence-corrected chi connectivity index (χ2v) is 5.88. The first-order valence-corrected chi connectivity index (χ1v) is 8.23. The van der Waals surface area contributed by atoms with Crippen molar-refractivity contribution in [2.45, 2.75) is 31.9 Å². The van der Waals surface area contributed by atoms with Crippen LogP contribution in [-0.2, 0) is 22.6 Å². The molecule has 0 fully saturated rings. The maximum absolute atomic E-state index is 12.7. The van der Waals surface area contributed by atoms with E-state index >= 15 is 0 Å². The molecule has 1 amide bonds. The van der Waals surface area contributed by atoms with Crippen LogP contribution in [0.2, 0.25) is 0 Å². The van der Waals surface area contributed by atoms with Crippen LogP contribution in [0.5, 0.6) is 0 Å². The normalized spacial score (nSPS) is 11.7. The summed E-state index contributed by atoms with van der Waals surface area (Å²) in [6.07, 6.45) is 0.978. The van der Waals surface area contributed by atoms with Gasteiger partial charge in [0.25, 0.3) is 5.91 Å². The lowest BCUT2D eigenvalue weighted by molar-refractivity contribution is -0.137. The molecule has 0 radical (unpaired) electrons. The van der Waals surface area contributed by atoms with E-state index in [9.17, 15) is 9.59 Å². The molecule has 1 atom stereocenters. The molecule has 5 nitrogen and oxygen atoms in total. The van der Waals surface area contributed by atoms with E-state index in [1.807, 2.05) is 42.5 Å². The molecule has 132 valence electrons. The molecular formula is C20H23NO4. The summed E-state index contributed by atoms with van der Waals surface area (Å²) in [6.45, 7) is 0.349. The molecule has 2 aromatic carbocycles. The second kappa shape index (κ2) is 9.59. The maximum Gasteiger partial charge on any atom is 0.303 e. The Balaban J connectivity index is 2.12. The molecule has 5 heteroatoms. The summed E-state index contributed by atoms with van der Waals surface area (Å²) in [5.41, 5.74) is 2.42. The van der Waals surface area contributed by atoms with Crippen LogP contribution in [0.25, 0.3) is 0 Å². The van der Waals surface area contributed by atoms with Gasteiger partial charge in [-0.25, -0.2) is 0 Å². The molecule has 2 rings (SSSR count). The highest BCUT2D eigenvalue weighted by Crippen LogP contribution is 2.13. The number of aliphatic carboxylic acids is 1. The smallest absolute Gasteiger partial charge is 0.303 e. The molecule has 0 saturated carbocycles. The molecule has 2 aromatic rings. The van der Waals surface area contributed by atoms with Gasteiger partial charge in [-0.05, 0) is 30.0 Å². The summed E-state index contributed by atoms with van der Waals surface area (Å²) < 4.78 is 5.14. The summed E-state index contributed by atoms with van der Waals surface area (Å²) in [4.78, 5) is 23.6. The topological polar surface area (TPSA) is 75.6 Å². The van der Waals surface area contributed by atoms with Crippen LogP contribution in [0.3, 0.4) is 0 Å². The molecule has 25 heavy (non-hydrogen) atoms. The molecule has 0 aliphatic carbocycles. The Morgan fingerprint density at radius 3 is 2.44 bits per heavy atom. The number of hydrogen-bond acceptors (Lipinski definition) is 3. The van der Waals surface area contributed by atoms with Gasteiger partial charge in [-0.2, -0.15) is 0 Å². The van der Waals surface area contributed by atoms with Crippen molar-refractivity contribution < 1.29 is 19.4 Å². The Bertz CT molecular complexity index is 700. The molecule has 0 heterocycles. The maximum atomic E-state index is 12.7. The van der Waals surface area contributed by atoms with E-state index in [1.165, 1.54) is 0 Å². The van der Waals surface area contributed by atoms with Crippen molar-refractivity contribution in [2.24, 2.45) is 0 Å². The molecule has 0 aliphatic rings. The first-order chi connectivity index (χ1) is 12.1. The lowest BCUT2D eigenvalue weighted by Gasteiger charge is -2.19. The van der Waals surface area contributed by atoms with Crippen molar-refractivity contribution in [3.63, 3.8) is 0 Å². The van der Waals surface area contributed by atoms with Crippen LogP contribution in [0.1, 0.15) is 34.3 Å². The van der Waals surface area contributed by atoms with Crippen molar-refractivity contribution in [2.75, 3.05) is 7.11 Å². The van der Waals surface area contributed by atoms with Gasteiger partial charge in [-0.15, -0.1) is 0 Å². The predicted octanol–water partition coefficient (Wildman–Crippen LogP) is 3.04. The standard InChI is InChI=1S/C20H23NO4/c1-25-14-16-9-5-6-10-18(16)20(24)21-17(11-12-19(22)23)13-15-7-3-2-4-8-15/h2-10,17H,11-14H2,1H3,(H,21,24)(H,22,23). The highest BCUT2D eigenvalue weighted by atomic mass is 16.5. The minimum absolute atomic E-state index is 0.0114. The number of hydrogen-bond donors (Lipinski definition) is 2. The van der Waals surface area contributed by atoms with Gasteiger partial charge in [0.05, 0.1) is 6.61 Å². The van der Waals surface area contributed by atoms with Gasteiger partial charge in [0, 0.05) is 25.1 Å². The van der Waals surface area contributed by atoms with Gasteiger partial charge in [-0.1, -0.05) is 48.5 Å². The first-order valence-electron chi connectivity index (χ1n) is 8.23. The zero-order chi connectivity index (χ0) is 18.1. The van der Waals surface area contributed by atoms with Gasteiger partial charge < -0.3 is 15.2 Å². The number of carbonyl (C=O) groups excluding carboxylic acids is 1. The van der Waals surface area contributed by atoms with Gasteiger partial charge in [0.2, 0.25) is 0 Å². The van der Waals surface area contributed by atoms with Crippen molar-refractivity contribution in [3.05, 3.63) is 71.3 Å². The van der Waals surface area contributed by atoms with Gasteiger partial charge >= 0.3 is 5.97 Å². The molecule has 0 spiro atoms. The number of nitrogens with one attached hydrogen (secondary N) is 1. The Kier molecular flexibility index (Phi) is 7.16. The number of benzene rings is 2. The van der Waals surface area contributed by atoms with Crippen molar-refractivity contribution in [1.29, 1.82) is 0 Å². The van der Waals surface area contributed by atoms with Gasteiger partial charge in [0.15, 0.2) is 0 Å². The average Bonchev–Trinajstić information content (AvgIpc) is 2.61. The average molecular weight is 341 g/mol. The zero-order valence-electron chi connectivity index (χ0n) is 14.3. The number of amides is 1. The quantitative estimate of drug-likeness (QED) is 0.735. The number of carboxylic acid groups (broad SMARTS) is 1. The first kappa shape index (κ1) is 18.7. The Hall–Kier alpha value is -2.66. The van der Waals surface area contributed by atoms with Gasteiger partial charge in [-0.3, -0.25) is 9.59 Å². The Morgan fingerprint density at radius 1 is 1.08 bits per heavy atom. The third kappa shape index (κ3) is 6.04. The number of rotatable bonds is 9. The molecule has 2 N–H and O–H groups in total. The predicted molar refractivity (Wildman–Crippen MR) is 95.4 cm³/mol. The monoisotopic (exact) mass is 341 g/mol. The highest BCUT2D eigenvalue weighted by molar-refractivity contribution is 5.95. The number of carbonyl (C=O) groups is 2. The van der Waals surface area contributed by atoms with E-state index in [2.05, 4.69) is 5.32 Å². The minimum Gasteiger partial charge on any atom is -0.481 e. The van der Waals surface area contributed by atoms with E-state index in [1.54, 1.807) is 19.2 Å². The second-order valence-electron chi connectivity index (χ2n) is 5.88. The summed E-state index contributed by atoms with van der Waals surface area (Å²) in [6, 6.07) is 16.7. The summed E-state index contributed by atoms with van der Waals surface area (Å²) in [5.74, 6) is -1.08. The third-order valence-electron chi connectivity index (χ3n) is 3.93. The van der Waals surface area contributed by atoms with Crippen LogP contribution in [0.4, 0.5) is 0 Å². The van der Waals surface area contributed by atoms with Crippen molar-refractivity contribution in [3.8, 4) is 0 Å². The molecule has 0 aliphatic heterocycles. The van der Waals surface area contributed by atoms with E-state index < -0.39 is 5.97 Å². The van der Waals surface area contributed by atoms with Crippen molar-refractivity contribution in [1.82, 2.24) is 5.32 Å². The van der Waals surface area contributed by atoms with E-state index in [0.29, 0.717) is 25.0 Å².